The van der Waals surface area contributed by atoms with Crippen molar-refractivity contribution in [2.75, 3.05) is 5.32 Å². The molecule has 0 radical (unpaired) electrons. The maximum atomic E-state index is 11.6. The summed E-state index contributed by atoms with van der Waals surface area (Å²) in [5.41, 5.74) is -1.79. The quantitative estimate of drug-likeness (QED) is 0.632. The number of phenolic OH excluding ortho intramolecular Hbond substituents is 1. The van der Waals surface area contributed by atoms with Crippen LogP contribution in [0.5, 0.6) is 5.75 Å². The van der Waals surface area contributed by atoms with Gasteiger partial charge >= 0.3 is 6.09 Å². The van der Waals surface area contributed by atoms with E-state index in [1.807, 2.05) is 0 Å². The average molecular weight is 279 g/mol. The van der Waals surface area contributed by atoms with E-state index in [0.29, 0.717) is 0 Å². The van der Waals surface area contributed by atoms with Crippen molar-refractivity contribution in [3.05, 3.63) is 27.8 Å². The first kappa shape index (κ1) is 15.2. The maximum absolute atomic E-state index is 11.6. The maximum Gasteiger partial charge on any atom is 0.412 e. The molecule has 8 heteroatoms. The van der Waals surface area contributed by atoms with Crippen LogP contribution in [-0.4, -0.2) is 21.7 Å². The van der Waals surface area contributed by atoms with E-state index < -0.39 is 28.1 Å². The number of phenols is 1. The molecule has 20 heavy (non-hydrogen) atoms. The van der Waals surface area contributed by atoms with Crippen LogP contribution >= 0.6 is 0 Å². The smallest absolute Gasteiger partial charge is 0.412 e. The zero-order valence-electron chi connectivity index (χ0n) is 11.1. The van der Waals surface area contributed by atoms with E-state index in [9.17, 15) is 20.0 Å². The Bertz CT molecular complexity index is 598. The van der Waals surface area contributed by atoms with Gasteiger partial charge < -0.3 is 9.84 Å². The highest BCUT2D eigenvalue weighted by Gasteiger charge is 2.22. The van der Waals surface area contributed by atoms with Crippen molar-refractivity contribution >= 4 is 17.5 Å². The molecule has 1 amide bonds. The van der Waals surface area contributed by atoms with Crippen LogP contribution in [0.2, 0.25) is 0 Å². The summed E-state index contributed by atoms with van der Waals surface area (Å²) in [7, 11) is 0. The molecule has 1 aromatic rings. The van der Waals surface area contributed by atoms with Gasteiger partial charge in [-0.3, -0.25) is 15.4 Å². The summed E-state index contributed by atoms with van der Waals surface area (Å²) in [6.45, 7) is 4.91. The molecule has 0 aromatic heterocycles. The van der Waals surface area contributed by atoms with Crippen LogP contribution in [0.1, 0.15) is 26.3 Å². The standard InChI is InChI=1S/C12H13N3O5/c1-12(2,3)20-11(17)14-8-5-10(16)7(6-13)4-9(8)15(18)19/h4-5,16H,1-3H3,(H,14,17). The zero-order chi connectivity index (χ0) is 15.5. The number of rotatable bonds is 2. The van der Waals surface area contributed by atoms with Crippen molar-refractivity contribution in [2.24, 2.45) is 0 Å². The van der Waals surface area contributed by atoms with Crippen LogP contribution in [0.15, 0.2) is 12.1 Å². The third kappa shape index (κ3) is 3.84. The predicted octanol–water partition coefficient (Wildman–Crippen LogP) is 2.52. The van der Waals surface area contributed by atoms with Gasteiger partial charge in [0.05, 0.1) is 4.92 Å². The lowest BCUT2D eigenvalue weighted by Crippen LogP contribution is -2.27. The van der Waals surface area contributed by atoms with Gasteiger partial charge in [0.2, 0.25) is 0 Å². The number of amides is 1. The fourth-order valence-corrected chi connectivity index (χ4v) is 1.33. The summed E-state index contributed by atoms with van der Waals surface area (Å²) in [5.74, 6) is -0.468. The molecule has 1 rings (SSSR count). The normalized spacial score (nSPS) is 10.5. The number of benzene rings is 1. The minimum atomic E-state index is -0.898. The zero-order valence-corrected chi connectivity index (χ0v) is 11.1. The number of nitro benzene ring substituents is 1. The van der Waals surface area contributed by atoms with E-state index in [-0.39, 0.29) is 11.3 Å². The van der Waals surface area contributed by atoms with Crippen molar-refractivity contribution in [1.82, 2.24) is 0 Å². The lowest BCUT2D eigenvalue weighted by Gasteiger charge is -2.19. The van der Waals surface area contributed by atoms with Crippen LogP contribution in [-0.2, 0) is 4.74 Å². The van der Waals surface area contributed by atoms with Crippen LogP contribution in [0.25, 0.3) is 0 Å². The van der Waals surface area contributed by atoms with Gasteiger partial charge in [0.1, 0.15) is 28.7 Å². The molecule has 0 spiro atoms. The number of nitrogens with one attached hydrogen (secondary N) is 1. The van der Waals surface area contributed by atoms with Crippen LogP contribution in [0.4, 0.5) is 16.2 Å². The minimum Gasteiger partial charge on any atom is -0.506 e. The number of aromatic hydroxyl groups is 1. The second-order valence-corrected chi connectivity index (χ2v) is 4.88. The Balaban J connectivity index is 3.12. The Morgan fingerprint density at radius 3 is 2.55 bits per heavy atom. The molecular weight excluding hydrogens is 266 g/mol. The van der Waals surface area contributed by atoms with E-state index >= 15 is 0 Å². The highest BCUT2D eigenvalue weighted by molar-refractivity contribution is 5.89. The van der Waals surface area contributed by atoms with E-state index in [4.69, 9.17) is 10.00 Å². The molecule has 0 unspecified atom stereocenters. The number of ether oxygens (including phenoxy) is 1. The van der Waals surface area contributed by atoms with E-state index in [1.54, 1.807) is 26.8 Å². The number of hydrogen-bond donors (Lipinski definition) is 2. The molecule has 0 aliphatic rings. The lowest BCUT2D eigenvalue weighted by molar-refractivity contribution is -0.384. The first-order valence-corrected chi connectivity index (χ1v) is 5.55. The van der Waals surface area contributed by atoms with E-state index in [2.05, 4.69) is 5.32 Å². The van der Waals surface area contributed by atoms with Crippen molar-refractivity contribution in [3.8, 4) is 11.8 Å². The Labute approximate surface area is 114 Å². The number of anilines is 1. The Morgan fingerprint density at radius 1 is 1.50 bits per heavy atom. The highest BCUT2D eigenvalue weighted by Crippen LogP contribution is 2.32. The van der Waals surface area contributed by atoms with Gasteiger partial charge in [-0.25, -0.2) is 4.79 Å². The monoisotopic (exact) mass is 279 g/mol. The van der Waals surface area contributed by atoms with Crippen LogP contribution < -0.4 is 5.32 Å². The number of nitro groups is 1. The molecular formula is C12H13N3O5. The molecule has 2 N–H and O–H groups in total. The van der Waals surface area contributed by atoms with Crippen molar-refractivity contribution in [1.29, 1.82) is 5.26 Å². The highest BCUT2D eigenvalue weighted by atomic mass is 16.6. The van der Waals surface area contributed by atoms with Gasteiger partial charge in [-0.05, 0) is 20.8 Å². The number of nitriles is 1. The fraction of sp³-hybridized carbons (Fsp3) is 0.333. The molecule has 106 valence electrons. The number of nitrogens with zero attached hydrogens (tertiary/aromatic N) is 2. The largest absolute Gasteiger partial charge is 0.506 e. The van der Waals surface area contributed by atoms with Gasteiger partial charge in [0, 0.05) is 12.1 Å². The average Bonchev–Trinajstić information content (AvgIpc) is 2.25. The van der Waals surface area contributed by atoms with Crippen LogP contribution in [0, 0.1) is 21.4 Å². The summed E-state index contributed by atoms with van der Waals surface area (Å²) in [5, 5.41) is 31.3. The number of hydrogen-bond acceptors (Lipinski definition) is 6. The molecule has 0 heterocycles. The van der Waals surface area contributed by atoms with E-state index in [1.165, 1.54) is 0 Å². The minimum absolute atomic E-state index is 0.249. The second kappa shape index (κ2) is 5.44. The van der Waals surface area contributed by atoms with Crippen LogP contribution in [0.3, 0.4) is 0 Å². The molecule has 0 saturated heterocycles. The number of carbonyl (C=O) groups is 1. The third-order valence-corrected chi connectivity index (χ3v) is 2.07. The first-order valence-electron chi connectivity index (χ1n) is 5.55. The fourth-order valence-electron chi connectivity index (χ4n) is 1.33. The van der Waals surface area contributed by atoms with Crippen molar-refractivity contribution in [2.45, 2.75) is 26.4 Å². The van der Waals surface area contributed by atoms with Gasteiger partial charge in [-0.1, -0.05) is 0 Å². The molecule has 0 atom stereocenters. The topological polar surface area (TPSA) is 125 Å². The summed E-state index contributed by atoms with van der Waals surface area (Å²) in [6.07, 6.45) is -0.898. The van der Waals surface area contributed by atoms with E-state index in [0.717, 1.165) is 12.1 Å². The lowest BCUT2D eigenvalue weighted by atomic mass is 10.1. The summed E-state index contributed by atoms with van der Waals surface area (Å²) >= 11 is 0. The van der Waals surface area contributed by atoms with Gasteiger partial charge in [0.15, 0.2) is 0 Å². The number of carbonyl (C=O) groups excluding carboxylic acids is 1. The molecule has 0 aliphatic carbocycles. The van der Waals surface area contributed by atoms with Gasteiger partial charge in [-0.15, -0.1) is 0 Å². The van der Waals surface area contributed by atoms with Crippen molar-refractivity contribution in [3.63, 3.8) is 0 Å². The Morgan fingerprint density at radius 2 is 2.10 bits per heavy atom. The third-order valence-electron chi connectivity index (χ3n) is 2.07. The molecule has 0 aliphatic heterocycles. The second-order valence-electron chi connectivity index (χ2n) is 4.88. The SMILES string of the molecule is CC(C)(C)OC(=O)Nc1cc(O)c(C#N)cc1[N+](=O)[O-]. The Kier molecular flexibility index (Phi) is 4.14. The summed E-state index contributed by atoms with van der Waals surface area (Å²) < 4.78 is 4.95. The van der Waals surface area contributed by atoms with Crippen molar-refractivity contribution < 1.29 is 19.6 Å². The molecule has 0 saturated carbocycles. The summed E-state index contributed by atoms with van der Waals surface area (Å²) in [6, 6.07) is 3.42. The Hall–Kier alpha value is -2.82. The molecule has 1 aromatic carbocycles. The predicted molar refractivity (Wildman–Crippen MR) is 69.3 cm³/mol. The summed E-state index contributed by atoms with van der Waals surface area (Å²) in [4.78, 5) is 21.7. The van der Waals surface area contributed by atoms with Gasteiger partial charge in [0.25, 0.3) is 5.69 Å². The van der Waals surface area contributed by atoms with Gasteiger partial charge in [-0.2, -0.15) is 5.26 Å². The first-order chi connectivity index (χ1) is 9.14. The molecule has 0 fully saturated rings. The molecule has 8 nitrogen and oxygen atoms in total. The molecule has 0 bridgehead atoms.